The van der Waals surface area contributed by atoms with Crippen LogP contribution in [0.15, 0.2) is 41.6 Å². The summed E-state index contributed by atoms with van der Waals surface area (Å²) < 4.78 is 0. The van der Waals surface area contributed by atoms with E-state index >= 15 is 0 Å². The monoisotopic (exact) mass is 281 g/mol. The lowest BCUT2D eigenvalue weighted by molar-refractivity contribution is 0.0951. The fourth-order valence-corrected chi connectivity index (χ4v) is 1.76. The first kappa shape index (κ1) is 12.7. The predicted molar refractivity (Wildman–Crippen MR) is 72.3 cm³/mol. The van der Waals surface area contributed by atoms with Crippen LogP contribution in [0.4, 0.5) is 0 Å². The Balaban J connectivity index is 2.01. The molecule has 0 aliphatic rings. The van der Waals surface area contributed by atoms with Crippen molar-refractivity contribution >= 4 is 35.3 Å². The fourth-order valence-electron chi connectivity index (χ4n) is 1.30. The summed E-state index contributed by atoms with van der Waals surface area (Å²) >= 11 is 11.7. The molecule has 92 valence electrons. The molecule has 1 aromatic carbocycles. The highest BCUT2D eigenvalue weighted by atomic mass is 35.5. The van der Waals surface area contributed by atoms with E-state index in [4.69, 9.17) is 23.2 Å². The van der Waals surface area contributed by atoms with Crippen molar-refractivity contribution in [3.63, 3.8) is 0 Å². The smallest absolute Gasteiger partial charge is 0.287 e. The molecule has 0 atom stereocenters. The van der Waals surface area contributed by atoms with Crippen LogP contribution in [0, 0.1) is 0 Å². The number of H-pyrrole nitrogens is 1. The molecular formula is C12H9Cl2N3O. The Morgan fingerprint density at radius 3 is 2.83 bits per heavy atom. The van der Waals surface area contributed by atoms with Crippen molar-refractivity contribution in [3.8, 4) is 0 Å². The average Bonchev–Trinajstić information content (AvgIpc) is 2.85. The average molecular weight is 282 g/mol. The lowest BCUT2D eigenvalue weighted by Crippen LogP contribution is -2.17. The van der Waals surface area contributed by atoms with Crippen LogP contribution < -0.4 is 5.43 Å². The maximum atomic E-state index is 11.5. The number of aromatic nitrogens is 1. The van der Waals surface area contributed by atoms with Gasteiger partial charge in [-0.2, -0.15) is 5.10 Å². The Bertz CT molecular complexity index is 579. The molecule has 0 aliphatic heterocycles. The maximum absolute atomic E-state index is 11.5. The van der Waals surface area contributed by atoms with Gasteiger partial charge in [-0.25, -0.2) is 5.43 Å². The van der Waals surface area contributed by atoms with E-state index in [1.807, 2.05) is 0 Å². The molecule has 0 saturated carbocycles. The van der Waals surface area contributed by atoms with Crippen molar-refractivity contribution in [2.24, 2.45) is 5.10 Å². The number of hydrogen-bond acceptors (Lipinski definition) is 2. The largest absolute Gasteiger partial charge is 0.357 e. The number of benzene rings is 1. The molecule has 2 N–H and O–H groups in total. The Hall–Kier alpha value is -1.78. The van der Waals surface area contributed by atoms with Crippen LogP contribution in [0.25, 0.3) is 0 Å². The van der Waals surface area contributed by atoms with Crippen molar-refractivity contribution < 1.29 is 4.79 Å². The molecule has 4 nitrogen and oxygen atoms in total. The number of nitrogens with zero attached hydrogens (tertiary/aromatic N) is 1. The number of halogens is 2. The summed E-state index contributed by atoms with van der Waals surface area (Å²) in [6.45, 7) is 0. The first-order valence-electron chi connectivity index (χ1n) is 5.08. The summed E-state index contributed by atoms with van der Waals surface area (Å²) in [7, 11) is 0. The summed E-state index contributed by atoms with van der Waals surface area (Å²) in [5.74, 6) is -0.318. The summed E-state index contributed by atoms with van der Waals surface area (Å²) in [6, 6.07) is 8.41. The molecule has 6 heteroatoms. The molecule has 0 radical (unpaired) electrons. The van der Waals surface area contributed by atoms with Crippen molar-refractivity contribution in [1.82, 2.24) is 10.4 Å². The third kappa shape index (κ3) is 3.12. The number of amides is 1. The molecule has 0 unspecified atom stereocenters. The number of carbonyl (C=O) groups is 1. The van der Waals surface area contributed by atoms with Crippen LogP contribution in [0.2, 0.25) is 10.0 Å². The zero-order chi connectivity index (χ0) is 13.0. The minimum absolute atomic E-state index is 0.318. The van der Waals surface area contributed by atoms with Crippen LogP contribution in [0.3, 0.4) is 0 Å². The molecule has 18 heavy (non-hydrogen) atoms. The van der Waals surface area contributed by atoms with Gasteiger partial charge in [0.1, 0.15) is 5.69 Å². The van der Waals surface area contributed by atoms with Gasteiger partial charge in [0.2, 0.25) is 0 Å². The highest BCUT2D eigenvalue weighted by molar-refractivity contribution is 6.36. The van der Waals surface area contributed by atoms with Gasteiger partial charge in [-0.3, -0.25) is 4.79 Å². The quantitative estimate of drug-likeness (QED) is 0.659. The van der Waals surface area contributed by atoms with E-state index in [0.29, 0.717) is 21.3 Å². The maximum Gasteiger partial charge on any atom is 0.287 e. The molecular weight excluding hydrogens is 273 g/mol. The van der Waals surface area contributed by atoms with Crippen LogP contribution in [-0.4, -0.2) is 17.1 Å². The third-order valence-electron chi connectivity index (χ3n) is 2.17. The second kappa shape index (κ2) is 5.71. The normalized spacial score (nSPS) is 10.8. The summed E-state index contributed by atoms with van der Waals surface area (Å²) in [5, 5.41) is 4.84. The Morgan fingerprint density at radius 1 is 1.33 bits per heavy atom. The van der Waals surface area contributed by atoms with Crippen LogP contribution >= 0.6 is 23.2 Å². The van der Waals surface area contributed by atoms with E-state index < -0.39 is 0 Å². The lowest BCUT2D eigenvalue weighted by atomic mass is 10.2. The molecule has 0 aliphatic carbocycles. The molecule has 0 bridgehead atoms. The molecule has 1 aromatic heterocycles. The van der Waals surface area contributed by atoms with Gasteiger partial charge in [-0.05, 0) is 24.3 Å². The Morgan fingerprint density at radius 2 is 2.17 bits per heavy atom. The minimum Gasteiger partial charge on any atom is -0.357 e. The van der Waals surface area contributed by atoms with Crippen molar-refractivity contribution in [3.05, 3.63) is 57.8 Å². The fraction of sp³-hybridized carbons (Fsp3) is 0. The van der Waals surface area contributed by atoms with Crippen LogP contribution in [0.5, 0.6) is 0 Å². The Kier molecular flexibility index (Phi) is 4.02. The number of aromatic amines is 1. The lowest BCUT2D eigenvalue weighted by Gasteiger charge is -1.99. The molecule has 1 amide bonds. The molecule has 0 saturated heterocycles. The van der Waals surface area contributed by atoms with Crippen molar-refractivity contribution in [1.29, 1.82) is 0 Å². The molecule has 1 heterocycles. The van der Waals surface area contributed by atoms with Gasteiger partial charge in [0.25, 0.3) is 5.91 Å². The zero-order valence-electron chi connectivity index (χ0n) is 9.15. The van der Waals surface area contributed by atoms with Gasteiger partial charge in [0.05, 0.1) is 11.2 Å². The van der Waals surface area contributed by atoms with Gasteiger partial charge in [0.15, 0.2) is 0 Å². The van der Waals surface area contributed by atoms with Gasteiger partial charge >= 0.3 is 0 Å². The van der Waals surface area contributed by atoms with E-state index in [2.05, 4.69) is 15.5 Å². The topological polar surface area (TPSA) is 57.2 Å². The highest BCUT2D eigenvalue weighted by Gasteiger charge is 2.03. The minimum atomic E-state index is -0.318. The van der Waals surface area contributed by atoms with Gasteiger partial charge in [-0.1, -0.05) is 29.3 Å². The predicted octanol–water partition coefficient (Wildman–Crippen LogP) is 3.09. The van der Waals surface area contributed by atoms with Crippen LogP contribution in [-0.2, 0) is 0 Å². The Labute approximate surface area is 114 Å². The number of hydrogen-bond donors (Lipinski definition) is 2. The molecule has 2 aromatic rings. The van der Waals surface area contributed by atoms with Gasteiger partial charge in [0, 0.05) is 16.8 Å². The highest BCUT2D eigenvalue weighted by Crippen LogP contribution is 2.19. The SMILES string of the molecule is O=C(N/N=C\c1ccc(Cl)cc1Cl)c1ccc[nH]1. The zero-order valence-corrected chi connectivity index (χ0v) is 10.7. The van der Waals surface area contributed by atoms with E-state index in [1.165, 1.54) is 6.21 Å². The van der Waals surface area contributed by atoms with E-state index in [1.54, 1.807) is 36.5 Å². The number of nitrogens with one attached hydrogen (secondary N) is 2. The summed E-state index contributed by atoms with van der Waals surface area (Å²) in [6.07, 6.45) is 3.12. The van der Waals surface area contributed by atoms with Crippen molar-refractivity contribution in [2.45, 2.75) is 0 Å². The second-order valence-electron chi connectivity index (χ2n) is 3.45. The van der Waals surface area contributed by atoms with Crippen LogP contribution in [0.1, 0.15) is 16.1 Å². The van der Waals surface area contributed by atoms with E-state index in [0.717, 1.165) is 0 Å². The number of rotatable bonds is 3. The first-order valence-corrected chi connectivity index (χ1v) is 5.84. The van der Waals surface area contributed by atoms with Gasteiger partial charge < -0.3 is 4.98 Å². The van der Waals surface area contributed by atoms with E-state index in [9.17, 15) is 4.79 Å². The first-order chi connectivity index (χ1) is 8.66. The number of carbonyl (C=O) groups excluding carboxylic acids is 1. The number of hydrazone groups is 1. The molecule has 0 spiro atoms. The van der Waals surface area contributed by atoms with E-state index in [-0.39, 0.29) is 5.91 Å². The third-order valence-corrected chi connectivity index (χ3v) is 2.74. The summed E-state index contributed by atoms with van der Waals surface area (Å²) in [5.41, 5.74) is 3.50. The second-order valence-corrected chi connectivity index (χ2v) is 4.29. The van der Waals surface area contributed by atoms with Crippen molar-refractivity contribution in [2.75, 3.05) is 0 Å². The standard InChI is InChI=1S/C12H9Cl2N3O/c13-9-4-3-8(10(14)6-9)7-16-17-12(18)11-2-1-5-15-11/h1-7,15H,(H,17,18)/b16-7-. The summed E-state index contributed by atoms with van der Waals surface area (Å²) in [4.78, 5) is 14.3. The molecule has 2 rings (SSSR count). The van der Waals surface area contributed by atoms with Gasteiger partial charge in [-0.15, -0.1) is 0 Å². The molecule has 0 fully saturated rings.